The molecule has 0 bridgehead atoms. The summed E-state index contributed by atoms with van der Waals surface area (Å²) >= 11 is 0. The van der Waals surface area contributed by atoms with Crippen molar-refractivity contribution in [3.8, 4) is 11.4 Å². The lowest BCUT2D eigenvalue weighted by molar-refractivity contribution is 0.263. The molecule has 0 aliphatic carbocycles. The first kappa shape index (κ1) is 15.8. The minimum atomic E-state index is -0.359. The van der Waals surface area contributed by atoms with Gasteiger partial charge in [0, 0.05) is 26.2 Å². The molecular formula is C19H19FN4O. The van der Waals surface area contributed by atoms with E-state index >= 15 is 0 Å². The average Bonchev–Trinajstić information content (AvgIpc) is 3.11. The zero-order chi connectivity index (χ0) is 17.1. The number of anilines is 1. The highest BCUT2D eigenvalue weighted by Gasteiger charge is 2.16. The van der Waals surface area contributed by atoms with Crippen molar-refractivity contribution in [2.75, 3.05) is 25.0 Å². The van der Waals surface area contributed by atoms with E-state index in [-0.39, 0.29) is 11.6 Å². The van der Waals surface area contributed by atoms with Crippen LogP contribution in [0.1, 0.15) is 11.1 Å². The van der Waals surface area contributed by atoms with Crippen LogP contribution < -0.4 is 5.32 Å². The Morgan fingerprint density at radius 3 is 2.76 bits per heavy atom. The lowest BCUT2D eigenvalue weighted by Crippen LogP contribution is -2.34. The van der Waals surface area contributed by atoms with Gasteiger partial charge in [-0.2, -0.15) is 4.98 Å². The summed E-state index contributed by atoms with van der Waals surface area (Å²) in [4.78, 5) is 6.60. The van der Waals surface area contributed by atoms with E-state index in [1.54, 1.807) is 18.2 Å². The van der Waals surface area contributed by atoms with E-state index in [0.29, 0.717) is 18.1 Å². The van der Waals surface area contributed by atoms with Gasteiger partial charge >= 0.3 is 6.01 Å². The van der Waals surface area contributed by atoms with E-state index in [1.165, 1.54) is 17.2 Å². The second-order valence-electron chi connectivity index (χ2n) is 6.12. The van der Waals surface area contributed by atoms with Crippen molar-refractivity contribution in [2.24, 2.45) is 0 Å². The molecule has 4 rings (SSSR count). The van der Waals surface area contributed by atoms with E-state index in [0.717, 1.165) is 26.1 Å². The second-order valence-corrected chi connectivity index (χ2v) is 6.12. The molecule has 3 aromatic rings. The van der Waals surface area contributed by atoms with Crippen molar-refractivity contribution in [3.63, 3.8) is 0 Å². The van der Waals surface area contributed by atoms with Gasteiger partial charge in [-0.3, -0.25) is 4.90 Å². The summed E-state index contributed by atoms with van der Waals surface area (Å²) in [6, 6.07) is 15.3. The molecule has 1 N–H and O–H groups in total. The zero-order valence-electron chi connectivity index (χ0n) is 13.8. The molecule has 25 heavy (non-hydrogen) atoms. The van der Waals surface area contributed by atoms with Crippen LogP contribution in [-0.2, 0) is 13.0 Å². The fraction of sp³-hybridized carbons (Fsp3) is 0.263. The van der Waals surface area contributed by atoms with Crippen molar-refractivity contribution in [2.45, 2.75) is 13.0 Å². The third-order valence-corrected chi connectivity index (χ3v) is 4.45. The van der Waals surface area contributed by atoms with Crippen LogP contribution in [0.5, 0.6) is 0 Å². The van der Waals surface area contributed by atoms with Crippen molar-refractivity contribution in [1.82, 2.24) is 15.0 Å². The second kappa shape index (κ2) is 7.03. The normalized spacial score (nSPS) is 14.3. The van der Waals surface area contributed by atoms with Crippen molar-refractivity contribution in [3.05, 3.63) is 65.5 Å². The minimum Gasteiger partial charge on any atom is -0.336 e. The van der Waals surface area contributed by atoms with Crippen LogP contribution >= 0.6 is 0 Å². The summed E-state index contributed by atoms with van der Waals surface area (Å²) in [5, 5.41) is 6.96. The monoisotopic (exact) mass is 338 g/mol. The Morgan fingerprint density at radius 2 is 1.88 bits per heavy atom. The number of benzene rings is 2. The minimum absolute atomic E-state index is 0.257. The molecular weight excluding hydrogens is 319 g/mol. The third-order valence-electron chi connectivity index (χ3n) is 4.45. The molecule has 1 aromatic heterocycles. The largest absolute Gasteiger partial charge is 0.336 e. The molecule has 0 fully saturated rings. The van der Waals surface area contributed by atoms with E-state index in [9.17, 15) is 4.39 Å². The molecule has 2 aromatic carbocycles. The molecule has 0 saturated carbocycles. The molecule has 0 saturated heterocycles. The summed E-state index contributed by atoms with van der Waals surface area (Å²) in [5.41, 5.74) is 3.18. The number of hydrogen-bond donors (Lipinski definition) is 1. The van der Waals surface area contributed by atoms with Gasteiger partial charge in [0.25, 0.3) is 0 Å². The van der Waals surface area contributed by atoms with Crippen LogP contribution in [0.3, 0.4) is 0 Å². The molecule has 5 nitrogen and oxygen atoms in total. The van der Waals surface area contributed by atoms with Crippen molar-refractivity contribution >= 4 is 6.01 Å². The number of halogens is 1. The summed E-state index contributed by atoms with van der Waals surface area (Å²) in [6.07, 6.45) is 1.08. The number of aromatic nitrogens is 2. The first-order valence-corrected chi connectivity index (χ1v) is 8.41. The lowest BCUT2D eigenvalue weighted by atomic mass is 10.00. The SMILES string of the molecule is Fc1ccccc1-c1noc(NCCN2CCc3ccccc3C2)n1. The van der Waals surface area contributed by atoms with Gasteiger partial charge in [0.2, 0.25) is 5.82 Å². The highest BCUT2D eigenvalue weighted by molar-refractivity contribution is 5.56. The van der Waals surface area contributed by atoms with Gasteiger partial charge in [-0.1, -0.05) is 41.6 Å². The van der Waals surface area contributed by atoms with E-state index in [2.05, 4.69) is 44.6 Å². The molecule has 0 unspecified atom stereocenters. The predicted molar refractivity (Wildman–Crippen MR) is 93.6 cm³/mol. The lowest BCUT2D eigenvalue weighted by Gasteiger charge is -2.28. The fourth-order valence-corrected chi connectivity index (χ4v) is 3.11. The predicted octanol–water partition coefficient (Wildman–Crippen LogP) is 3.35. The van der Waals surface area contributed by atoms with Crippen LogP contribution in [0, 0.1) is 5.82 Å². The van der Waals surface area contributed by atoms with Gasteiger partial charge in [-0.15, -0.1) is 0 Å². The van der Waals surface area contributed by atoms with Crippen LogP contribution in [-0.4, -0.2) is 34.7 Å². The first-order chi connectivity index (χ1) is 12.3. The highest BCUT2D eigenvalue weighted by Crippen LogP contribution is 2.21. The van der Waals surface area contributed by atoms with Gasteiger partial charge in [0.1, 0.15) is 5.82 Å². The molecule has 1 aliphatic rings. The maximum Gasteiger partial charge on any atom is 0.321 e. The van der Waals surface area contributed by atoms with Crippen molar-refractivity contribution in [1.29, 1.82) is 0 Å². The van der Waals surface area contributed by atoms with E-state index in [1.807, 2.05) is 0 Å². The molecule has 0 atom stereocenters. The number of nitrogens with one attached hydrogen (secondary N) is 1. The summed E-state index contributed by atoms with van der Waals surface area (Å²) in [5.74, 6) is -0.102. The molecule has 0 radical (unpaired) electrons. The van der Waals surface area contributed by atoms with Gasteiger partial charge in [-0.05, 0) is 29.7 Å². The average molecular weight is 338 g/mol. The molecule has 6 heteroatoms. The number of fused-ring (bicyclic) bond motifs is 1. The zero-order valence-corrected chi connectivity index (χ0v) is 13.8. The maximum absolute atomic E-state index is 13.8. The van der Waals surface area contributed by atoms with Crippen LogP contribution in [0.15, 0.2) is 53.1 Å². The maximum atomic E-state index is 13.8. The number of rotatable bonds is 5. The van der Waals surface area contributed by atoms with Crippen LogP contribution in [0.25, 0.3) is 11.4 Å². The quantitative estimate of drug-likeness (QED) is 0.773. The third kappa shape index (κ3) is 3.53. The molecule has 0 amide bonds. The molecule has 1 aliphatic heterocycles. The molecule has 0 spiro atoms. The van der Waals surface area contributed by atoms with Crippen LogP contribution in [0.4, 0.5) is 10.4 Å². The first-order valence-electron chi connectivity index (χ1n) is 8.41. The van der Waals surface area contributed by atoms with E-state index < -0.39 is 0 Å². The molecule has 128 valence electrons. The Bertz CT molecular complexity index is 864. The van der Waals surface area contributed by atoms with Crippen molar-refractivity contribution < 1.29 is 8.91 Å². The van der Waals surface area contributed by atoms with Crippen LogP contribution in [0.2, 0.25) is 0 Å². The summed E-state index contributed by atoms with van der Waals surface area (Å²) in [6.45, 7) is 3.58. The fourth-order valence-electron chi connectivity index (χ4n) is 3.11. The smallest absolute Gasteiger partial charge is 0.321 e. The summed E-state index contributed by atoms with van der Waals surface area (Å²) < 4.78 is 18.9. The number of hydrogen-bond acceptors (Lipinski definition) is 5. The topological polar surface area (TPSA) is 54.2 Å². The molecule has 2 heterocycles. The Morgan fingerprint density at radius 1 is 1.08 bits per heavy atom. The number of nitrogens with zero attached hydrogens (tertiary/aromatic N) is 3. The van der Waals surface area contributed by atoms with Gasteiger partial charge in [0.15, 0.2) is 0 Å². The van der Waals surface area contributed by atoms with E-state index in [4.69, 9.17) is 4.52 Å². The Labute approximate surface area is 145 Å². The Balaban J connectivity index is 1.32. The van der Waals surface area contributed by atoms with Gasteiger partial charge in [0.05, 0.1) is 5.56 Å². The highest BCUT2D eigenvalue weighted by atomic mass is 19.1. The summed E-state index contributed by atoms with van der Waals surface area (Å²) in [7, 11) is 0. The van der Waals surface area contributed by atoms with Gasteiger partial charge < -0.3 is 9.84 Å². The standard InChI is InChI=1S/C19H19FN4O/c20-17-8-4-3-7-16(17)18-22-19(25-23-18)21-10-12-24-11-9-14-5-1-2-6-15(14)13-24/h1-8H,9-13H2,(H,21,22,23). The Kier molecular flexibility index (Phi) is 4.43. The van der Waals surface area contributed by atoms with Gasteiger partial charge in [-0.25, -0.2) is 4.39 Å². The Hall–Kier alpha value is -2.73.